The number of nitrogens with zero attached hydrogens (tertiary/aromatic N) is 2. The number of rotatable bonds is 5. The van der Waals surface area contributed by atoms with Gasteiger partial charge in [-0.2, -0.15) is 0 Å². The first-order valence-corrected chi connectivity index (χ1v) is 7.14. The Kier molecular flexibility index (Phi) is 5.41. The summed E-state index contributed by atoms with van der Waals surface area (Å²) >= 11 is 0. The van der Waals surface area contributed by atoms with E-state index in [1.807, 2.05) is 4.90 Å². The first kappa shape index (κ1) is 13.8. The van der Waals surface area contributed by atoms with Crippen LogP contribution in [0.15, 0.2) is 0 Å². The quantitative estimate of drug-likeness (QED) is 0.705. The van der Waals surface area contributed by atoms with Gasteiger partial charge in [0.2, 0.25) is 5.91 Å². The Morgan fingerprint density at radius 2 is 2.11 bits per heavy atom. The molecule has 0 aromatic rings. The van der Waals surface area contributed by atoms with E-state index < -0.39 is 0 Å². The molecule has 0 radical (unpaired) electrons. The number of hydrogen-bond acceptors (Lipinski definition) is 4. The molecular formula is C13H25N3O2. The first-order chi connectivity index (χ1) is 8.81. The fourth-order valence-electron chi connectivity index (χ4n) is 2.66. The van der Waals surface area contributed by atoms with E-state index in [1.54, 1.807) is 0 Å². The molecule has 0 bridgehead atoms. The van der Waals surface area contributed by atoms with Crippen molar-refractivity contribution in [1.29, 1.82) is 0 Å². The Labute approximate surface area is 109 Å². The molecule has 1 aliphatic carbocycles. The molecule has 1 saturated carbocycles. The average Bonchev–Trinajstić information content (AvgIpc) is 2.54. The summed E-state index contributed by atoms with van der Waals surface area (Å²) < 4.78 is 0. The lowest BCUT2D eigenvalue weighted by atomic mass is 9.91. The van der Waals surface area contributed by atoms with Gasteiger partial charge in [0.15, 0.2) is 0 Å². The van der Waals surface area contributed by atoms with Crippen molar-refractivity contribution in [2.24, 2.45) is 0 Å². The molecule has 5 nitrogen and oxygen atoms in total. The Morgan fingerprint density at radius 1 is 1.28 bits per heavy atom. The van der Waals surface area contributed by atoms with Gasteiger partial charge in [-0.3, -0.25) is 9.69 Å². The van der Waals surface area contributed by atoms with Crippen LogP contribution in [-0.2, 0) is 4.79 Å². The molecule has 0 atom stereocenters. The lowest BCUT2D eigenvalue weighted by Gasteiger charge is -2.38. The predicted molar refractivity (Wildman–Crippen MR) is 70.4 cm³/mol. The SMILES string of the molecule is O=C(CN1CCCNCC1)N(CCO)C1CCC1. The lowest BCUT2D eigenvalue weighted by molar-refractivity contribution is -0.137. The van der Waals surface area contributed by atoms with Crippen molar-refractivity contribution in [1.82, 2.24) is 15.1 Å². The molecule has 104 valence electrons. The smallest absolute Gasteiger partial charge is 0.237 e. The summed E-state index contributed by atoms with van der Waals surface area (Å²) in [5.74, 6) is 0.190. The van der Waals surface area contributed by atoms with Crippen LogP contribution in [0.25, 0.3) is 0 Å². The van der Waals surface area contributed by atoms with Gasteiger partial charge < -0.3 is 15.3 Å². The summed E-state index contributed by atoms with van der Waals surface area (Å²) in [4.78, 5) is 16.4. The van der Waals surface area contributed by atoms with E-state index in [2.05, 4.69) is 10.2 Å². The van der Waals surface area contributed by atoms with E-state index in [-0.39, 0.29) is 12.5 Å². The Hall–Kier alpha value is -0.650. The molecule has 0 aromatic heterocycles. The zero-order chi connectivity index (χ0) is 12.8. The van der Waals surface area contributed by atoms with Crippen LogP contribution in [0.5, 0.6) is 0 Å². The van der Waals surface area contributed by atoms with E-state index in [0.29, 0.717) is 19.1 Å². The number of carbonyl (C=O) groups excluding carboxylic acids is 1. The second-order valence-corrected chi connectivity index (χ2v) is 5.28. The van der Waals surface area contributed by atoms with Crippen molar-refractivity contribution in [3.63, 3.8) is 0 Å². The van der Waals surface area contributed by atoms with Gasteiger partial charge in [-0.1, -0.05) is 0 Å². The van der Waals surface area contributed by atoms with Crippen molar-refractivity contribution < 1.29 is 9.90 Å². The van der Waals surface area contributed by atoms with Crippen LogP contribution in [0.2, 0.25) is 0 Å². The summed E-state index contributed by atoms with van der Waals surface area (Å²) in [7, 11) is 0. The molecule has 1 amide bonds. The van der Waals surface area contributed by atoms with Crippen molar-refractivity contribution in [2.75, 3.05) is 45.9 Å². The van der Waals surface area contributed by atoms with Crippen molar-refractivity contribution in [3.8, 4) is 0 Å². The van der Waals surface area contributed by atoms with Crippen LogP contribution >= 0.6 is 0 Å². The molecule has 5 heteroatoms. The Morgan fingerprint density at radius 3 is 2.78 bits per heavy atom. The fraction of sp³-hybridized carbons (Fsp3) is 0.923. The van der Waals surface area contributed by atoms with Crippen LogP contribution in [-0.4, -0.2) is 72.7 Å². The van der Waals surface area contributed by atoms with E-state index in [4.69, 9.17) is 5.11 Å². The summed E-state index contributed by atoms with van der Waals surface area (Å²) in [6, 6.07) is 0.384. The maximum atomic E-state index is 12.3. The number of hydrogen-bond donors (Lipinski definition) is 2. The molecule has 2 aliphatic rings. The number of carbonyl (C=O) groups is 1. The zero-order valence-electron chi connectivity index (χ0n) is 11.1. The van der Waals surface area contributed by atoms with Crippen molar-refractivity contribution >= 4 is 5.91 Å². The number of aliphatic hydroxyl groups excluding tert-OH is 1. The fourth-order valence-corrected chi connectivity index (χ4v) is 2.66. The molecule has 0 unspecified atom stereocenters. The third kappa shape index (κ3) is 3.67. The van der Waals surface area contributed by atoms with Crippen LogP contribution < -0.4 is 5.32 Å². The van der Waals surface area contributed by atoms with Gasteiger partial charge in [0, 0.05) is 25.7 Å². The van der Waals surface area contributed by atoms with Gasteiger partial charge in [-0.25, -0.2) is 0 Å². The Bertz CT molecular complexity index is 261. The maximum absolute atomic E-state index is 12.3. The first-order valence-electron chi connectivity index (χ1n) is 7.14. The van der Waals surface area contributed by atoms with E-state index in [1.165, 1.54) is 6.42 Å². The third-order valence-corrected chi connectivity index (χ3v) is 3.97. The number of aliphatic hydroxyl groups is 1. The Balaban J connectivity index is 1.83. The zero-order valence-corrected chi connectivity index (χ0v) is 11.1. The predicted octanol–water partition coefficient (Wildman–Crippen LogP) is -0.345. The molecule has 0 spiro atoms. The van der Waals surface area contributed by atoms with Gasteiger partial charge in [-0.15, -0.1) is 0 Å². The molecule has 1 heterocycles. The van der Waals surface area contributed by atoms with Gasteiger partial charge >= 0.3 is 0 Å². The third-order valence-electron chi connectivity index (χ3n) is 3.97. The molecule has 2 fully saturated rings. The highest BCUT2D eigenvalue weighted by Gasteiger charge is 2.29. The van der Waals surface area contributed by atoms with Gasteiger partial charge in [-0.05, 0) is 38.8 Å². The minimum absolute atomic E-state index is 0.0732. The summed E-state index contributed by atoms with van der Waals surface area (Å²) in [5, 5.41) is 12.4. The normalized spacial score (nSPS) is 22.3. The highest BCUT2D eigenvalue weighted by Crippen LogP contribution is 2.24. The molecular weight excluding hydrogens is 230 g/mol. The molecule has 18 heavy (non-hydrogen) atoms. The van der Waals surface area contributed by atoms with Crippen molar-refractivity contribution in [2.45, 2.75) is 31.7 Å². The number of amides is 1. The van der Waals surface area contributed by atoms with Crippen LogP contribution in [0.4, 0.5) is 0 Å². The number of nitrogens with one attached hydrogen (secondary N) is 1. The molecule has 2 N–H and O–H groups in total. The topological polar surface area (TPSA) is 55.8 Å². The summed E-state index contributed by atoms with van der Waals surface area (Å²) in [5.41, 5.74) is 0. The van der Waals surface area contributed by atoms with Gasteiger partial charge in [0.1, 0.15) is 0 Å². The largest absolute Gasteiger partial charge is 0.395 e. The monoisotopic (exact) mass is 255 g/mol. The second-order valence-electron chi connectivity index (χ2n) is 5.28. The summed E-state index contributed by atoms with van der Waals surface area (Å²) in [6.07, 6.45) is 4.53. The van der Waals surface area contributed by atoms with Gasteiger partial charge in [0.05, 0.1) is 13.2 Å². The van der Waals surface area contributed by atoms with Crippen LogP contribution in [0, 0.1) is 0 Å². The van der Waals surface area contributed by atoms with Crippen LogP contribution in [0.1, 0.15) is 25.7 Å². The molecule has 2 rings (SSSR count). The van der Waals surface area contributed by atoms with Crippen LogP contribution in [0.3, 0.4) is 0 Å². The maximum Gasteiger partial charge on any atom is 0.237 e. The standard InChI is InChI=1S/C13H25N3O2/c17-10-9-16(12-3-1-4-12)13(18)11-15-7-2-5-14-6-8-15/h12,14,17H,1-11H2. The highest BCUT2D eigenvalue weighted by atomic mass is 16.3. The highest BCUT2D eigenvalue weighted by molar-refractivity contribution is 5.78. The molecule has 0 aromatic carbocycles. The minimum atomic E-state index is 0.0732. The minimum Gasteiger partial charge on any atom is -0.395 e. The summed E-state index contributed by atoms with van der Waals surface area (Å²) in [6.45, 7) is 5.04. The van der Waals surface area contributed by atoms with Crippen molar-refractivity contribution in [3.05, 3.63) is 0 Å². The van der Waals surface area contributed by atoms with Gasteiger partial charge in [0.25, 0.3) is 0 Å². The van der Waals surface area contributed by atoms with E-state index >= 15 is 0 Å². The molecule has 1 saturated heterocycles. The lowest BCUT2D eigenvalue weighted by Crippen LogP contribution is -2.49. The molecule has 1 aliphatic heterocycles. The second kappa shape index (κ2) is 7.07. The average molecular weight is 255 g/mol. The van der Waals surface area contributed by atoms with E-state index in [0.717, 1.165) is 45.4 Å². The van der Waals surface area contributed by atoms with E-state index in [9.17, 15) is 4.79 Å².